The van der Waals surface area contributed by atoms with E-state index in [2.05, 4.69) is 16.2 Å². The lowest BCUT2D eigenvalue weighted by atomic mass is 9.93. The van der Waals surface area contributed by atoms with Crippen molar-refractivity contribution in [3.05, 3.63) is 47.8 Å². The van der Waals surface area contributed by atoms with Gasteiger partial charge in [-0.1, -0.05) is 18.2 Å². The first-order valence-electron chi connectivity index (χ1n) is 9.80. The molecule has 144 valence electrons. The summed E-state index contributed by atoms with van der Waals surface area (Å²) >= 11 is 0. The minimum absolute atomic E-state index is 0.110. The topological polar surface area (TPSA) is 50.6 Å². The van der Waals surface area contributed by atoms with Gasteiger partial charge >= 0.3 is 0 Å². The molecule has 0 N–H and O–H groups in total. The maximum Gasteiger partial charge on any atom is 0.260 e. The molecule has 1 atom stereocenters. The number of anilines is 1. The summed E-state index contributed by atoms with van der Waals surface area (Å²) in [4.78, 5) is 17.8. The zero-order valence-electron chi connectivity index (χ0n) is 16.2. The molecule has 0 bridgehead atoms. The van der Waals surface area contributed by atoms with E-state index in [1.807, 2.05) is 53.9 Å². The second-order valence-electron chi connectivity index (χ2n) is 7.72. The summed E-state index contributed by atoms with van der Waals surface area (Å²) in [6.07, 6.45) is 4.88. The van der Waals surface area contributed by atoms with Crippen LogP contribution in [-0.2, 0) is 23.1 Å². The number of carbonyl (C=O) groups excluding carboxylic acids is 1. The van der Waals surface area contributed by atoms with Crippen molar-refractivity contribution < 1.29 is 9.53 Å². The highest BCUT2D eigenvalue weighted by Gasteiger charge is 2.47. The Hall–Kier alpha value is -2.18. The van der Waals surface area contributed by atoms with Gasteiger partial charge in [-0.05, 0) is 38.3 Å². The molecule has 3 heterocycles. The van der Waals surface area contributed by atoms with Crippen molar-refractivity contribution in [2.75, 3.05) is 31.1 Å². The summed E-state index contributed by atoms with van der Waals surface area (Å²) < 4.78 is 8.06. The van der Waals surface area contributed by atoms with Crippen molar-refractivity contribution in [2.45, 2.75) is 38.3 Å². The van der Waals surface area contributed by atoms with E-state index in [0.717, 1.165) is 50.3 Å². The van der Waals surface area contributed by atoms with Crippen molar-refractivity contribution >= 4 is 11.6 Å². The summed E-state index contributed by atoms with van der Waals surface area (Å²) in [6, 6.07) is 9.97. The predicted octanol–water partition coefficient (Wildman–Crippen LogP) is 2.52. The first-order chi connectivity index (χ1) is 13.1. The van der Waals surface area contributed by atoms with Gasteiger partial charge in [-0.15, -0.1) is 0 Å². The highest BCUT2D eigenvalue weighted by Crippen LogP contribution is 2.32. The summed E-state index contributed by atoms with van der Waals surface area (Å²) in [5.74, 6) is 0.110. The number of morpholine rings is 1. The third-order valence-corrected chi connectivity index (χ3v) is 5.69. The predicted molar refractivity (Wildman–Crippen MR) is 105 cm³/mol. The van der Waals surface area contributed by atoms with Crippen LogP contribution in [-0.4, -0.2) is 52.4 Å². The molecule has 0 radical (unpaired) electrons. The molecule has 0 aliphatic carbocycles. The normalized spacial score (nSPS) is 24.4. The lowest BCUT2D eigenvalue weighted by Crippen LogP contribution is -2.59. The van der Waals surface area contributed by atoms with Gasteiger partial charge in [0.05, 0.1) is 12.3 Å². The molecule has 1 aromatic carbocycles. The summed E-state index contributed by atoms with van der Waals surface area (Å²) in [5.41, 5.74) is 2.50. The van der Waals surface area contributed by atoms with Crippen LogP contribution in [0.3, 0.4) is 0 Å². The SMILES string of the molecule is Cc1nn(C)cc1CN1CCOC2(CCCCN(c3ccccc3)C2=O)C1. The number of benzene rings is 1. The quantitative estimate of drug-likeness (QED) is 0.835. The van der Waals surface area contributed by atoms with Crippen molar-refractivity contribution in [1.29, 1.82) is 0 Å². The van der Waals surface area contributed by atoms with E-state index in [4.69, 9.17) is 4.74 Å². The molecular weight excluding hydrogens is 340 g/mol. The van der Waals surface area contributed by atoms with Crippen molar-refractivity contribution in [2.24, 2.45) is 7.05 Å². The number of rotatable bonds is 3. The van der Waals surface area contributed by atoms with Crippen LogP contribution in [0.5, 0.6) is 0 Å². The van der Waals surface area contributed by atoms with Crippen LogP contribution in [0.25, 0.3) is 0 Å². The zero-order valence-corrected chi connectivity index (χ0v) is 16.2. The van der Waals surface area contributed by atoms with Gasteiger partial charge < -0.3 is 9.64 Å². The third-order valence-electron chi connectivity index (χ3n) is 5.69. The monoisotopic (exact) mass is 368 g/mol. The molecule has 1 unspecified atom stereocenters. The molecule has 0 saturated carbocycles. The zero-order chi connectivity index (χ0) is 18.9. The number of nitrogens with zero attached hydrogens (tertiary/aromatic N) is 4. The Labute approximate surface area is 160 Å². The Bertz CT molecular complexity index is 804. The van der Waals surface area contributed by atoms with E-state index < -0.39 is 5.60 Å². The van der Waals surface area contributed by atoms with Crippen LogP contribution < -0.4 is 4.90 Å². The molecule has 2 saturated heterocycles. The minimum Gasteiger partial charge on any atom is -0.362 e. The Morgan fingerprint density at radius 3 is 2.74 bits per heavy atom. The number of para-hydroxylation sites is 1. The maximum absolute atomic E-state index is 13.5. The number of carbonyl (C=O) groups is 1. The average Bonchev–Trinajstić information content (AvgIpc) is 2.90. The molecule has 27 heavy (non-hydrogen) atoms. The Kier molecular flexibility index (Phi) is 5.02. The van der Waals surface area contributed by atoms with E-state index in [0.29, 0.717) is 13.2 Å². The van der Waals surface area contributed by atoms with Gasteiger partial charge in [0.15, 0.2) is 5.60 Å². The first kappa shape index (κ1) is 18.2. The van der Waals surface area contributed by atoms with Crippen molar-refractivity contribution in [3.8, 4) is 0 Å². The molecule has 2 aliphatic heterocycles. The Morgan fingerprint density at radius 1 is 1.19 bits per heavy atom. The fourth-order valence-corrected chi connectivity index (χ4v) is 4.31. The molecule has 6 heteroatoms. The van der Waals surface area contributed by atoms with E-state index >= 15 is 0 Å². The van der Waals surface area contributed by atoms with Gasteiger partial charge in [0.2, 0.25) is 0 Å². The van der Waals surface area contributed by atoms with Crippen LogP contribution in [0.4, 0.5) is 5.69 Å². The van der Waals surface area contributed by atoms with E-state index in [1.54, 1.807) is 0 Å². The second kappa shape index (κ2) is 7.44. The fourth-order valence-electron chi connectivity index (χ4n) is 4.31. The van der Waals surface area contributed by atoms with Gasteiger partial charge in [0.1, 0.15) is 0 Å². The van der Waals surface area contributed by atoms with E-state index in [1.165, 1.54) is 5.56 Å². The number of aromatic nitrogens is 2. The minimum atomic E-state index is -0.735. The fraction of sp³-hybridized carbons (Fsp3) is 0.524. The smallest absolute Gasteiger partial charge is 0.260 e. The highest BCUT2D eigenvalue weighted by molar-refractivity contribution is 6.00. The molecule has 1 spiro atoms. The van der Waals surface area contributed by atoms with Crippen LogP contribution in [0.15, 0.2) is 36.5 Å². The van der Waals surface area contributed by atoms with Crippen molar-refractivity contribution in [3.63, 3.8) is 0 Å². The summed E-state index contributed by atoms with van der Waals surface area (Å²) in [7, 11) is 1.95. The highest BCUT2D eigenvalue weighted by atomic mass is 16.5. The van der Waals surface area contributed by atoms with Crippen LogP contribution in [0.1, 0.15) is 30.5 Å². The third kappa shape index (κ3) is 3.64. The second-order valence-corrected chi connectivity index (χ2v) is 7.72. The molecular formula is C21H28N4O2. The van der Waals surface area contributed by atoms with Gasteiger partial charge in [-0.3, -0.25) is 14.4 Å². The summed E-state index contributed by atoms with van der Waals surface area (Å²) in [6.45, 7) is 5.68. The molecule has 4 rings (SSSR count). The molecule has 1 aromatic heterocycles. The lowest BCUT2D eigenvalue weighted by Gasteiger charge is -2.42. The lowest BCUT2D eigenvalue weighted by molar-refractivity contribution is -0.158. The van der Waals surface area contributed by atoms with Gasteiger partial charge in [0.25, 0.3) is 5.91 Å². The number of aryl methyl sites for hydroxylation is 2. The standard InChI is InChI=1S/C21H28N4O2/c1-17-18(14-23(2)22-17)15-24-12-13-27-21(16-24)10-6-7-11-25(20(21)26)19-8-4-3-5-9-19/h3-5,8-9,14H,6-7,10-13,15-16H2,1-2H3. The van der Waals surface area contributed by atoms with Gasteiger partial charge in [-0.25, -0.2) is 0 Å². The largest absolute Gasteiger partial charge is 0.362 e. The Morgan fingerprint density at radius 2 is 2.00 bits per heavy atom. The number of ether oxygens (including phenoxy) is 1. The van der Waals surface area contributed by atoms with Crippen LogP contribution in [0.2, 0.25) is 0 Å². The summed E-state index contributed by atoms with van der Waals surface area (Å²) in [5, 5.41) is 4.45. The molecule has 1 amide bonds. The molecule has 2 aromatic rings. The molecule has 6 nitrogen and oxygen atoms in total. The Balaban J connectivity index is 1.56. The van der Waals surface area contributed by atoms with Crippen LogP contribution in [0, 0.1) is 6.92 Å². The maximum atomic E-state index is 13.5. The van der Waals surface area contributed by atoms with Crippen LogP contribution >= 0.6 is 0 Å². The molecule has 2 fully saturated rings. The van der Waals surface area contributed by atoms with Gasteiger partial charge in [-0.2, -0.15) is 5.10 Å². The van der Waals surface area contributed by atoms with Gasteiger partial charge in [0, 0.05) is 50.7 Å². The first-order valence-corrected chi connectivity index (χ1v) is 9.80. The number of amides is 1. The average molecular weight is 368 g/mol. The number of hydrogen-bond donors (Lipinski definition) is 0. The van der Waals surface area contributed by atoms with E-state index in [-0.39, 0.29) is 5.91 Å². The number of hydrogen-bond acceptors (Lipinski definition) is 4. The van der Waals surface area contributed by atoms with Crippen molar-refractivity contribution in [1.82, 2.24) is 14.7 Å². The van der Waals surface area contributed by atoms with E-state index in [9.17, 15) is 4.79 Å². The molecule has 2 aliphatic rings.